The van der Waals surface area contributed by atoms with Crippen molar-refractivity contribution in [2.45, 2.75) is 84.0 Å². The third kappa shape index (κ3) is 9.55. The van der Waals surface area contributed by atoms with Crippen molar-refractivity contribution in [2.75, 3.05) is 0 Å². The predicted octanol–water partition coefficient (Wildman–Crippen LogP) is 14.5. The fourth-order valence-corrected chi connectivity index (χ4v) is 11.3. The number of benzene rings is 5. The van der Waals surface area contributed by atoms with Crippen LogP contribution in [0.1, 0.15) is 82.6 Å². The van der Waals surface area contributed by atoms with Crippen molar-refractivity contribution in [2.24, 2.45) is 5.92 Å². The average Bonchev–Trinajstić information content (AvgIpc) is 3.81. The van der Waals surface area contributed by atoms with Gasteiger partial charge in [-0.05, 0) is 70.8 Å². The molecule has 8 rings (SSSR count). The van der Waals surface area contributed by atoms with E-state index in [0.717, 1.165) is 62.2 Å². The summed E-state index contributed by atoms with van der Waals surface area (Å²) in [6.07, 6.45) is 6.49. The molecule has 309 valence electrons. The van der Waals surface area contributed by atoms with Crippen LogP contribution in [0, 0.1) is 18.2 Å². The molecule has 0 unspecified atom stereocenters. The minimum atomic E-state index is -1.86. The minimum Gasteiger partial charge on any atom is 0 e. The molecular formula is C54H57GeIrN3O-2. The zero-order valence-electron chi connectivity index (χ0n) is 36.8. The van der Waals surface area contributed by atoms with Gasteiger partial charge in [0.05, 0.1) is 16.9 Å². The predicted molar refractivity (Wildman–Crippen MR) is 253 cm³/mol. The van der Waals surface area contributed by atoms with Crippen molar-refractivity contribution >= 4 is 45.2 Å². The van der Waals surface area contributed by atoms with Gasteiger partial charge in [0, 0.05) is 37.6 Å². The number of hydrogen-bond acceptors (Lipinski definition) is 3. The van der Waals surface area contributed by atoms with Crippen LogP contribution in [0.5, 0.6) is 0 Å². The molecule has 0 atom stereocenters. The number of para-hydroxylation sites is 2. The Morgan fingerprint density at radius 2 is 1.45 bits per heavy atom. The second kappa shape index (κ2) is 18.8. The van der Waals surface area contributed by atoms with Crippen LogP contribution in [-0.2, 0) is 26.5 Å². The molecule has 60 heavy (non-hydrogen) atoms. The van der Waals surface area contributed by atoms with Gasteiger partial charge in [0.2, 0.25) is 0 Å². The number of pyridine rings is 1. The summed E-state index contributed by atoms with van der Waals surface area (Å²) in [4.78, 5) is 9.89. The SMILES string of the molecule is C=C(C)c1ccc2o[c-]c(-c3nc4ccccc4n3-c3c(C(C)C)cc(-c4ccccc4)cc3C(C)C)c2c1.CC(C)Cc1cc(-c2[c-]cccc2)nc[c]1[Ge]([CH3])([CH3])[CH3].[Ir]. The molecule has 0 fully saturated rings. The summed E-state index contributed by atoms with van der Waals surface area (Å²) in [5.41, 5.74) is 15.7. The van der Waals surface area contributed by atoms with Gasteiger partial charge in [-0.3, -0.25) is 4.98 Å². The summed E-state index contributed by atoms with van der Waals surface area (Å²) in [5, 5.41) is 0.991. The largest absolute Gasteiger partial charge is 0 e. The van der Waals surface area contributed by atoms with Crippen LogP contribution >= 0.6 is 0 Å². The number of imidazole rings is 1. The summed E-state index contributed by atoms with van der Waals surface area (Å²) in [6.45, 7) is 19.8. The molecule has 8 aromatic rings. The number of allylic oxidation sites excluding steroid dienone is 1. The van der Waals surface area contributed by atoms with E-state index in [1.54, 1.807) is 4.40 Å². The van der Waals surface area contributed by atoms with Crippen LogP contribution in [0.15, 0.2) is 132 Å². The van der Waals surface area contributed by atoms with Gasteiger partial charge in [0.25, 0.3) is 0 Å². The van der Waals surface area contributed by atoms with Crippen LogP contribution in [0.4, 0.5) is 0 Å². The van der Waals surface area contributed by atoms with Crippen LogP contribution < -0.4 is 4.40 Å². The third-order valence-corrected chi connectivity index (χ3v) is 15.3. The maximum Gasteiger partial charge on any atom is 0 e. The molecule has 0 N–H and O–H groups in total. The number of furan rings is 1. The van der Waals surface area contributed by atoms with Crippen LogP contribution in [0.3, 0.4) is 0 Å². The van der Waals surface area contributed by atoms with E-state index in [2.05, 4.69) is 167 Å². The summed E-state index contributed by atoms with van der Waals surface area (Å²) < 4.78 is 9.83. The van der Waals surface area contributed by atoms with Gasteiger partial charge in [-0.15, -0.1) is 0 Å². The summed E-state index contributed by atoms with van der Waals surface area (Å²) >= 11 is -1.86. The zero-order chi connectivity index (χ0) is 42.0. The molecule has 3 aromatic heterocycles. The Kier molecular flexibility index (Phi) is 14.1. The normalized spacial score (nSPS) is 11.6. The van der Waals surface area contributed by atoms with Gasteiger partial charge in [-0.2, -0.15) is 0 Å². The van der Waals surface area contributed by atoms with Crippen LogP contribution in [0.25, 0.3) is 67.0 Å². The molecule has 0 spiro atoms. The molecule has 0 aliphatic heterocycles. The Bertz CT molecular complexity index is 2710. The van der Waals surface area contributed by atoms with Gasteiger partial charge in [-0.1, -0.05) is 111 Å². The van der Waals surface area contributed by atoms with Crippen LogP contribution in [-0.4, -0.2) is 27.8 Å². The van der Waals surface area contributed by atoms with E-state index in [0.29, 0.717) is 17.8 Å². The third-order valence-electron chi connectivity index (χ3n) is 10.9. The second-order valence-corrected chi connectivity index (χ2v) is 28.4. The maximum atomic E-state index is 5.95. The average molecular weight is 1030 g/mol. The summed E-state index contributed by atoms with van der Waals surface area (Å²) in [5.74, 6) is 9.43. The molecule has 1 radical (unpaired) electrons. The first-order valence-corrected chi connectivity index (χ1v) is 28.3. The molecule has 0 saturated heterocycles. The van der Waals surface area contributed by atoms with Crippen molar-refractivity contribution in [3.8, 4) is 39.5 Å². The number of aromatic nitrogens is 3. The summed E-state index contributed by atoms with van der Waals surface area (Å²) in [7, 11) is 0. The molecule has 3 heterocycles. The first kappa shape index (κ1) is 44.7. The van der Waals surface area contributed by atoms with Gasteiger partial charge >= 0.3 is 126 Å². The number of nitrogens with zero attached hydrogens (tertiary/aromatic N) is 3. The topological polar surface area (TPSA) is 43.9 Å². The fourth-order valence-electron chi connectivity index (χ4n) is 7.92. The molecule has 6 heteroatoms. The molecule has 0 amide bonds. The van der Waals surface area contributed by atoms with Crippen molar-refractivity contribution in [3.05, 3.63) is 163 Å². The second-order valence-electron chi connectivity index (χ2n) is 17.9. The first-order valence-electron chi connectivity index (χ1n) is 21.0. The first-order chi connectivity index (χ1) is 28.2. The van der Waals surface area contributed by atoms with Gasteiger partial charge in [-0.25, -0.2) is 0 Å². The van der Waals surface area contributed by atoms with E-state index >= 15 is 0 Å². The van der Waals surface area contributed by atoms with E-state index in [1.165, 1.54) is 33.5 Å². The monoisotopic (exact) mass is 1030 g/mol. The van der Waals surface area contributed by atoms with Crippen molar-refractivity contribution < 1.29 is 24.5 Å². The van der Waals surface area contributed by atoms with E-state index in [-0.39, 0.29) is 20.1 Å². The molecule has 0 aliphatic carbocycles. The molecule has 4 nitrogen and oxygen atoms in total. The Morgan fingerprint density at radius 3 is 2.07 bits per heavy atom. The van der Waals surface area contributed by atoms with E-state index < -0.39 is 13.3 Å². The summed E-state index contributed by atoms with van der Waals surface area (Å²) in [6, 6.07) is 43.6. The molecule has 0 aliphatic rings. The minimum absolute atomic E-state index is 0. The smallest absolute Gasteiger partial charge is 0 e. The van der Waals surface area contributed by atoms with Gasteiger partial charge in [0.1, 0.15) is 0 Å². The van der Waals surface area contributed by atoms with Crippen molar-refractivity contribution in [3.63, 3.8) is 0 Å². The quantitative estimate of drug-likeness (QED) is 0.101. The van der Waals surface area contributed by atoms with Gasteiger partial charge in [0.15, 0.2) is 0 Å². The standard InChI is InChI=1S/C36H33N2O.C18H24GeN.Ir/c1-22(2)26-16-17-34-30(18-26)31(21-39-34)36-37-32-14-10-11-15-33(32)38(36)35-28(23(3)4)19-27(20-29(35)24(5)6)25-12-8-7-9-13-25;1-14(2)11-16-12-18(15-9-7-6-8-10-15)20-13-17(16)19(3,4)5;/h7-20,23-24H,1H2,2-6H3;6-9,12-14H,11H2,1-5H3;/q2*-1;. The maximum absolute atomic E-state index is 5.95. The van der Waals surface area contributed by atoms with Crippen LogP contribution in [0.2, 0.25) is 17.3 Å². The van der Waals surface area contributed by atoms with E-state index in [9.17, 15) is 0 Å². The molecule has 5 aromatic carbocycles. The molecular weight excluding hydrogens is 971 g/mol. The van der Waals surface area contributed by atoms with Crippen molar-refractivity contribution in [1.29, 1.82) is 0 Å². The Hall–Kier alpha value is -4.81. The van der Waals surface area contributed by atoms with Crippen molar-refractivity contribution in [1.82, 2.24) is 14.5 Å². The Balaban J connectivity index is 0.000000243. The number of fused-ring (bicyclic) bond motifs is 2. The molecule has 0 saturated carbocycles. The number of hydrogen-bond donors (Lipinski definition) is 0. The zero-order valence-corrected chi connectivity index (χ0v) is 41.3. The molecule has 0 bridgehead atoms. The Labute approximate surface area is 373 Å². The van der Waals surface area contributed by atoms with E-state index in [4.69, 9.17) is 14.4 Å². The van der Waals surface area contributed by atoms with E-state index in [1.807, 2.05) is 43.3 Å². The fraction of sp³-hybridized carbons (Fsp3) is 0.259. The Morgan fingerprint density at radius 1 is 0.783 bits per heavy atom. The number of rotatable bonds is 10. The van der Waals surface area contributed by atoms with Gasteiger partial charge < -0.3 is 8.98 Å².